The van der Waals surface area contributed by atoms with Gasteiger partial charge in [-0.15, -0.1) is 0 Å². The van der Waals surface area contributed by atoms with Crippen molar-refractivity contribution in [2.45, 2.75) is 123 Å². The van der Waals surface area contributed by atoms with E-state index in [0.29, 0.717) is 6.42 Å². The van der Waals surface area contributed by atoms with E-state index in [-0.39, 0.29) is 0 Å². The zero-order valence-corrected chi connectivity index (χ0v) is 17.6. The highest BCUT2D eigenvalue weighted by Gasteiger charge is 2.30. The van der Waals surface area contributed by atoms with Gasteiger partial charge in [-0.2, -0.15) is 0 Å². The summed E-state index contributed by atoms with van der Waals surface area (Å²) in [5.74, 6) is -2.70. The molecule has 154 valence electrons. The molecule has 1 atom stereocenters. The number of esters is 1. The Balaban J connectivity index is 3.62. The number of hydrogen-bond acceptors (Lipinski definition) is 3. The summed E-state index contributed by atoms with van der Waals surface area (Å²) in [6.45, 7) is 7.53. The van der Waals surface area contributed by atoms with Gasteiger partial charge < -0.3 is 9.84 Å². The Bertz CT molecular complexity index is 371. The van der Waals surface area contributed by atoms with Gasteiger partial charge in [-0.05, 0) is 27.2 Å². The highest BCUT2D eigenvalue weighted by molar-refractivity contribution is 5.94. The van der Waals surface area contributed by atoms with Crippen LogP contribution in [0.2, 0.25) is 0 Å². The third-order valence-electron chi connectivity index (χ3n) is 4.59. The Hall–Kier alpha value is -1.06. The van der Waals surface area contributed by atoms with Crippen LogP contribution in [-0.4, -0.2) is 22.6 Å². The number of unbranched alkanes of at least 4 members (excludes halogenated alkanes) is 12. The fourth-order valence-electron chi connectivity index (χ4n) is 3.08. The highest BCUT2D eigenvalue weighted by Crippen LogP contribution is 2.18. The van der Waals surface area contributed by atoms with Crippen LogP contribution in [0.25, 0.3) is 0 Å². The SMILES string of the molecule is CCCCCCCCCCCCCCCC(C(=O)O)C(=O)OC(C)(C)C. The predicted molar refractivity (Wildman–Crippen MR) is 107 cm³/mol. The van der Waals surface area contributed by atoms with Gasteiger partial charge in [0.1, 0.15) is 5.60 Å². The first-order valence-corrected chi connectivity index (χ1v) is 10.7. The number of aliphatic carboxylic acids is 1. The molecule has 0 aromatic heterocycles. The minimum absolute atomic E-state index is 0.377. The maximum absolute atomic E-state index is 11.9. The van der Waals surface area contributed by atoms with Gasteiger partial charge in [0.25, 0.3) is 0 Å². The van der Waals surface area contributed by atoms with Crippen LogP contribution in [0.4, 0.5) is 0 Å². The van der Waals surface area contributed by atoms with E-state index in [0.717, 1.165) is 19.3 Å². The summed E-state index contributed by atoms with van der Waals surface area (Å²) in [6, 6.07) is 0. The van der Waals surface area contributed by atoms with Crippen LogP contribution >= 0.6 is 0 Å². The Morgan fingerprint density at radius 3 is 1.50 bits per heavy atom. The average Bonchev–Trinajstić information content (AvgIpc) is 2.53. The molecule has 4 heteroatoms. The summed E-state index contributed by atoms with van der Waals surface area (Å²) in [4.78, 5) is 23.2. The van der Waals surface area contributed by atoms with Crippen molar-refractivity contribution < 1.29 is 19.4 Å². The second-order valence-electron chi connectivity index (χ2n) is 8.46. The molecular weight excluding hydrogens is 328 g/mol. The monoisotopic (exact) mass is 370 g/mol. The van der Waals surface area contributed by atoms with Crippen molar-refractivity contribution in [3.63, 3.8) is 0 Å². The molecular formula is C22H42O4. The molecule has 0 aliphatic carbocycles. The number of hydrogen-bond donors (Lipinski definition) is 1. The van der Waals surface area contributed by atoms with Crippen molar-refractivity contribution in [2.75, 3.05) is 0 Å². The fourth-order valence-corrected chi connectivity index (χ4v) is 3.08. The normalized spacial score (nSPS) is 12.8. The van der Waals surface area contributed by atoms with Crippen LogP contribution in [0.3, 0.4) is 0 Å². The van der Waals surface area contributed by atoms with Crippen LogP contribution < -0.4 is 0 Å². The summed E-state index contributed by atoms with van der Waals surface area (Å²) in [5.41, 5.74) is -0.638. The van der Waals surface area contributed by atoms with Crippen molar-refractivity contribution in [1.82, 2.24) is 0 Å². The molecule has 0 spiro atoms. The van der Waals surface area contributed by atoms with E-state index < -0.39 is 23.5 Å². The molecule has 1 N–H and O–H groups in total. The largest absolute Gasteiger partial charge is 0.481 e. The van der Waals surface area contributed by atoms with Gasteiger partial charge in [0.15, 0.2) is 5.92 Å². The minimum atomic E-state index is -1.07. The molecule has 0 aromatic carbocycles. The number of carboxylic acid groups (broad SMARTS) is 1. The number of rotatable bonds is 16. The van der Waals surface area contributed by atoms with Gasteiger partial charge in [0.2, 0.25) is 0 Å². The Kier molecular flexibility index (Phi) is 14.4. The predicted octanol–water partition coefficient (Wildman–Crippen LogP) is 6.51. The third kappa shape index (κ3) is 15.2. The van der Waals surface area contributed by atoms with Crippen molar-refractivity contribution >= 4 is 11.9 Å². The lowest BCUT2D eigenvalue weighted by atomic mass is 9.99. The van der Waals surface area contributed by atoms with E-state index in [1.807, 2.05) is 0 Å². The average molecular weight is 371 g/mol. The molecule has 0 saturated heterocycles. The molecule has 0 saturated carbocycles. The van der Waals surface area contributed by atoms with Crippen LogP contribution in [0.1, 0.15) is 118 Å². The second kappa shape index (κ2) is 15.0. The smallest absolute Gasteiger partial charge is 0.320 e. The maximum atomic E-state index is 11.9. The van der Waals surface area contributed by atoms with Gasteiger partial charge >= 0.3 is 11.9 Å². The van der Waals surface area contributed by atoms with Crippen molar-refractivity contribution in [3.05, 3.63) is 0 Å². The molecule has 1 unspecified atom stereocenters. The molecule has 0 amide bonds. The number of ether oxygens (including phenoxy) is 1. The van der Waals surface area contributed by atoms with E-state index in [1.165, 1.54) is 64.2 Å². The first-order chi connectivity index (χ1) is 12.3. The quantitative estimate of drug-likeness (QED) is 0.191. The van der Waals surface area contributed by atoms with Gasteiger partial charge in [0.05, 0.1) is 0 Å². The van der Waals surface area contributed by atoms with Crippen molar-refractivity contribution in [3.8, 4) is 0 Å². The molecule has 0 aliphatic heterocycles. The first kappa shape index (κ1) is 24.9. The first-order valence-electron chi connectivity index (χ1n) is 10.7. The van der Waals surface area contributed by atoms with Gasteiger partial charge in [-0.3, -0.25) is 9.59 Å². The zero-order valence-electron chi connectivity index (χ0n) is 17.6. The molecule has 0 fully saturated rings. The maximum Gasteiger partial charge on any atom is 0.320 e. The standard InChI is InChI=1S/C22H42O4/c1-5-6-7-8-9-10-11-12-13-14-15-16-17-18-19(20(23)24)21(25)26-22(2,3)4/h19H,5-18H2,1-4H3,(H,23,24). The summed E-state index contributed by atoms with van der Waals surface area (Å²) >= 11 is 0. The third-order valence-corrected chi connectivity index (χ3v) is 4.59. The summed E-state index contributed by atoms with van der Waals surface area (Å²) in [5, 5.41) is 9.23. The van der Waals surface area contributed by atoms with Crippen LogP contribution in [-0.2, 0) is 14.3 Å². The van der Waals surface area contributed by atoms with E-state index >= 15 is 0 Å². The molecule has 4 nitrogen and oxygen atoms in total. The molecule has 0 heterocycles. The van der Waals surface area contributed by atoms with Crippen molar-refractivity contribution in [2.24, 2.45) is 5.92 Å². The lowest BCUT2D eigenvalue weighted by Crippen LogP contribution is -2.32. The lowest BCUT2D eigenvalue weighted by Gasteiger charge is -2.22. The molecule has 0 aromatic rings. The topological polar surface area (TPSA) is 63.6 Å². The van der Waals surface area contributed by atoms with Gasteiger partial charge in [0, 0.05) is 0 Å². The Labute approximate surface area is 161 Å². The summed E-state index contributed by atoms with van der Waals surface area (Å²) in [7, 11) is 0. The number of carbonyl (C=O) groups is 2. The van der Waals surface area contributed by atoms with E-state index in [4.69, 9.17) is 4.74 Å². The molecule has 0 bridgehead atoms. The summed E-state index contributed by atoms with van der Waals surface area (Å²) < 4.78 is 5.21. The van der Waals surface area contributed by atoms with Crippen LogP contribution in [0.5, 0.6) is 0 Å². The molecule has 0 radical (unpaired) electrons. The lowest BCUT2D eigenvalue weighted by molar-refractivity contribution is -0.167. The minimum Gasteiger partial charge on any atom is -0.481 e. The highest BCUT2D eigenvalue weighted by atomic mass is 16.6. The van der Waals surface area contributed by atoms with E-state index in [9.17, 15) is 14.7 Å². The van der Waals surface area contributed by atoms with Crippen LogP contribution in [0.15, 0.2) is 0 Å². The fraction of sp³-hybridized carbons (Fsp3) is 0.909. The van der Waals surface area contributed by atoms with Crippen LogP contribution in [0, 0.1) is 5.92 Å². The number of carboxylic acids is 1. The molecule has 0 aliphatic rings. The molecule has 26 heavy (non-hydrogen) atoms. The molecule has 0 rings (SSSR count). The van der Waals surface area contributed by atoms with Gasteiger partial charge in [-0.25, -0.2) is 0 Å². The zero-order chi connectivity index (χ0) is 19.8. The Morgan fingerprint density at radius 1 is 0.769 bits per heavy atom. The number of carbonyl (C=O) groups excluding carboxylic acids is 1. The second-order valence-corrected chi connectivity index (χ2v) is 8.46. The van der Waals surface area contributed by atoms with E-state index in [1.54, 1.807) is 20.8 Å². The van der Waals surface area contributed by atoms with Crippen molar-refractivity contribution in [1.29, 1.82) is 0 Å². The Morgan fingerprint density at radius 2 is 1.15 bits per heavy atom. The van der Waals surface area contributed by atoms with Gasteiger partial charge in [-0.1, -0.05) is 90.4 Å². The summed E-state index contributed by atoms with van der Waals surface area (Å²) in [6.07, 6.45) is 16.6. The van der Waals surface area contributed by atoms with E-state index in [2.05, 4.69) is 6.92 Å².